The molecule has 0 aromatic carbocycles. The van der Waals surface area contributed by atoms with Gasteiger partial charge in [0.1, 0.15) is 8.24 Å². The molecule has 0 atom stereocenters. The van der Waals surface area contributed by atoms with Crippen molar-refractivity contribution in [2.45, 2.75) is 51.7 Å². The van der Waals surface area contributed by atoms with Gasteiger partial charge in [-0.1, -0.05) is 32.9 Å². The third kappa shape index (κ3) is 2.59. The summed E-state index contributed by atoms with van der Waals surface area (Å²) in [5.74, 6) is 0. The van der Waals surface area contributed by atoms with Gasteiger partial charge in [0.15, 0.2) is 0 Å². The van der Waals surface area contributed by atoms with Gasteiger partial charge in [0.25, 0.3) is 0 Å². The third-order valence-electron chi connectivity index (χ3n) is 3.10. The molecule has 2 heteroatoms. The Morgan fingerprint density at radius 2 is 1.75 bits per heavy atom. The maximum atomic E-state index is 2.79. The first kappa shape index (κ1) is 10.3. The summed E-state index contributed by atoms with van der Waals surface area (Å²) in [5, 5.41) is 0. The maximum absolute atomic E-state index is 2.79. The van der Waals surface area contributed by atoms with Crippen LogP contribution in [0, 0.1) is 0 Å². The summed E-state index contributed by atoms with van der Waals surface area (Å²) in [7, 11) is -0.958. The van der Waals surface area contributed by atoms with E-state index < -0.39 is 8.24 Å². The van der Waals surface area contributed by atoms with Crippen LogP contribution in [0.15, 0.2) is 0 Å². The quantitative estimate of drug-likeness (QED) is 0.608. The van der Waals surface area contributed by atoms with Crippen LogP contribution in [0.5, 0.6) is 0 Å². The summed E-state index contributed by atoms with van der Waals surface area (Å²) in [6, 6.07) is 1.50. The van der Waals surface area contributed by atoms with Gasteiger partial charge in [0.2, 0.25) is 0 Å². The normalized spacial score (nSPS) is 20.2. The van der Waals surface area contributed by atoms with Crippen LogP contribution >= 0.6 is 0 Å². The van der Waals surface area contributed by atoms with E-state index in [9.17, 15) is 0 Å². The van der Waals surface area contributed by atoms with Crippen molar-refractivity contribution < 1.29 is 0 Å². The predicted octanol–water partition coefficient (Wildman–Crippen LogP) is 3.09. The molecule has 0 radical (unpaired) electrons. The van der Waals surface area contributed by atoms with Crippen LogP contribution in [0.2, 0.25) is 19.1 Å². The summed E-state index contributed by atoms with van der Waals surface area (Å²) in [6.07, 6.45) is 5.70. The second-order valence-corrected chi connectivity index (χ2v) is 9.37. The van der Waals surface area contributed by atoms with Gasteiger partial charge in [-0.3, -0.25) is 0 Å². The van der Waals surface area contributed by atoms with Crippen molar-refractivity contribution >= 4 is 8.24 Å². The molecule has 1 rings (SSSR count). The SMILES string of the molecule is CCCC[Si](C)(C)N1CCCC1. The van der Waals surface area contributed by atoms with Crippen molar-refractivity contribution in [2.24, 2.45) is 0 Å². The van der Waals surface area contributed by atoms with E-state index in [1.54, 1.807) is 0 Å². The van der Waals surface area contributed by atoms with E-state index in [0.29, 0.717) is 0 Å². The Kier molecular flexibility index (Phi) is 3.78. The zero-order valence-electron chi connectivity index (χ0n) is 8.90. The average Bonchev–Trinajstić information content (AvgIpc) is 2.53. The van der Waals surface area contributed by atoms with Crippen LogP contribution in [0.3, 0.4) is 0 Å². The number of hydrogen-bond donors (Lipinski definition) is 0. The molecule has 1 aliphatic rings. The summed E-state index contributed by atoms with van der Waals surface area (Å²) >= 11 is 0. The number of nitrogens with zero attached hydrogens (tertiary/aromatic N) is 1. The minimum absolute atomic E-state index is 0.958. The molecule has 0 N–H and O–H groups in total. The van der Waals surface area contributed by atoms with Crippen molar-refractivity contribution in [2.75, 3.05) is 13.1 Å². The molecule has 1 heterocycles. The molecule has 0 aromatic heterocycles. The van der Waals surface area contributed by atoms with Crippen LogP contribution in [0.4, 0.5) is 0 Å². The first-order valence-electron chi connectivity index (χ1n) is 5.42. The third-order valence-corrected chi connectivity index (χ3v) is 6.84. The van der Waals surface area contributed by atoms with Crippen LogP contribution in [0.25, 0.3) is 0 Å². The summed E-state index contributed by atoms with van der Waals surface area (Å²) in [6.45, 7) is 10.2. The second kappa shape index (κ2) is 4.42. The molecule has 0 aromatic rings. The van der Waals surface area contributed by atoms with Gasteiger partial charge in [0.05, 0.1) is 0 Å². The highest BCUT2D eigenvalue weighted by Crippen LogP contribution is 2.23. The molecule has 0 aliphatic carbocycles. The summed E-state index contributed by atoms with van der Waals surface area (Å²) in [4.78, 5) is 0. The molecule has 0 amide bonds. The summed E-state index contributed by atoms with van der Waals surface area (Å²) in [5.41, 5.74) is 0. The van der Waals surface area contributed by atoms with Gasteiger partial charge < -0.3 is 4.57 Å². The zero-order valence-corrected chi connectivity index (χ0v) is 9.90. The van der Waals surface area contributed by atoms with Crippen LogP contribution in [-0.2, 0) is 0 Å². The van der Waals surface area contributed by atoms with Crippen LogP contribution in [0.1, 0.15) is 32.6 Å². The van der Waals surface area contributed by atoms with Crippen molar-refractivity contribution in [3.63, 3.8) is 0 Å². The van der Waals surface area contributed by atoms with Gasteiger partial charge >= 0.3 is 0 Å². The second-order valence-electron chi connectivity index (χ2n) is 4.61. The largest absolute Gasteiger partial charge is 0.324 e. The molecule has 0 saturated carbocycles. The van der Waals surface area contributed by atoms with Gasteiger partial charge in [-0.05, 0) is 32.0 Å². The lowest BCUT2D eigenvalue weighted by molar-refractivity contribution is 0.514. The minimum atomic E-state index is -0.958. The fourth-order valence-electron chi connectivity index (χ4n) is 2.09. The Morgan fingerprint density at radius 3 is 2.25 bits per heavy atom. The van der Waals surface area contributed by atoms with E-state index in [1.807, 2.05) is 0 Å². The monoisotopic (exact) mass is 185 g/mol. The van der Waals surface area contributed by atoms with Crippen LogP contribution in [-0.4, -0.2) is 25.9 Å². The molecular formula is C10H23NSi. The fraction of sp³-hybridized carbons (Fsp3) is 1.00. The molecule has 1 saturated heterocycles. The topological polar surface area (TPSA) is 3.24 Å². The molecule has 0 bridgehead atoms. The van der Waals surface area contributed by atoms with Gasteiger partial charge in [0, 0.05) is 0 Å². The molecule has 1 fully saturated rings. The molecular weight excluding hydrogens is 162 g/mol. The van der Waals surface area contributed by atoms with E-state index in [4.69, 9.17) is 0 Å². The number of unbranched alkanes of at least 4 members (excludes halogenated alkanes) is 1. The van der Waals surface area contributed by atoms with Gasteiger partial charge in [-0.15, -0.1) is 0 Å². The van der Waals surface area contributed by atoms with Crippen molar-refractivity contribution in [1.82, 2.24) is 4.57 Å². The Hall–Kier alpha value is 0.177. The first-order valence-corrected chi connectivity index (χ1v) is 8.57. The molecule has 0 spiro atoms. The Morgan fingerprint density at radius 1 is 1.17 bits per heavy atom. The highest BCUT2D eigenvalue weighted by molar-refractivity contribution is 6.74. The fourth-order valence-corrected chi connectivity index (χ4v) is 5.15. The lowest BCUT2D eigenvalue weighted by Gasteiger charge is -2.33. The van der Waals surface area contributed by atoms with Gasteiger partial charge in [-0.25, -0.2) is 0 Å². The number of hydrogen-bond acceptors (Lipinski definition) is 1. The van der Waals surface area contributed by atoms with Crippen molar-refractivity contribution in [3.05, 3.63) is 0 Å². The zero-order chi connectivity index (χ0) is 9.03. The first-order chi connectivity index (χ1) is 5.67. The molecule has 72 valence electrons. The van der Waals surface area contributed by atoms with E-state index in [0.717, 1.165) is 0 Å². The van der Waals surface area contributed by atoms with E-state index in [2.05, 4.69) is 24.6 Å². The van der Waals surface area contributed by atoms with Crippen molar-refractivity contribution in [3.8, 4) is 0 Å². The lowest BCUT2D eigenvalue weighted by atomic mass is 10.4. The molecule has 1 nitrogen and oxygen atoms in total. The molecule has 12 heavy (non-hydrogen) atoms. The van der Waals surface area contributed by atoms with E-state index in [1.165, 1.54) is 44.8 Å². The summed E-state index contributed by atoms with van der Waals surface area (Å²) < 4.78 is 2.79. The Labute approximate surface area is 78.2 Å². The molecule has 0 unspecified atom stereocenters. The molecule has 1 aliphatic heterocycles. The van der Waals surface area contributed by atoms with Gasteiger partial charge in [-0.2, -0.15) is 0 Å². The highest BCUT2D eigenvalue weighted by Gasteiger charge is 2.30. The van der Waals surface area contributed by atoms with Crippen LogP contribution < -0.4 is 0 Å². The van der Waals surface area contributed by atoms with Crippen molar-refractivity contribution in [1.29, 1.82) is 0 Å². The maximum Gasteiger partial charge on any atom is 0.122 e. The smallest absolute Gasteiger partial charge is 0.122 e. The minimum Gasteiger partial charge on any atom is -0.324 e. The van der Waals surface area contributed by atoms with E-state index in [-0.39, 0.29) is 0 Å². The highest BCUT2D eigenvalue weighted by atomic mass is 28.3. The number of rotatable bonds is 4. The Bertz CT molecular complexity index is 128. The standard InChI is InChI=1S/C10H23NSi/c1-4-5-10-12(2,3)11-8-6-7-9-11/h4-10H2,1-3H3. The Balaban J connectivity index is 2.34. The predicted molar refractivity (Wildman–Crippen MR) is 58.0 cm³/mol. The van der Waals surface area contributed by atoms with E-state index >= 15 is 0 Å². The lowest BCUT2D eigenvalue weighted by Crippen LogP contribution is -2.46. The average molecular weight is 185 g/mol.